The molecule has 0 amide bonds. The molecule has 0 spiro atoms. The Morgan fingerprint density at radius 1 is 0.718 bits per heavy atom. The molecule has 224 valence electrons. The molecule has 0 fully saturated rings. The van der Waals surface area contributed by atoms with E-state index >= 15 is 0 Å². The lowest BCUT2D eigenvalue weighted by Crippen LogP contribution is -2.28. The predicted molar refractivity (Wildman–Crippen MR) is 160 cm³/mol. The van der Waals surface area contributed by atoms with Crippen LogP contribution in [0.1, 0.15) is 123 Å². The molecule has 0 aromatic carbocycles. The second-order valence-electron chi connectivity index (χ2n) is 10.0. The summed E-state index contributed by atoms with van der Waals surface area (Å²) in [6, 6.07) is 0. The molecule has 0 bridgehead atoms. The Morgan fingerprint density at radius 2 is 1.36 bits per heavy atom. The molecule has 6 heteroatoms. The number of rotatable bonds is 26. The van der Waals surface area contributed by atoms with Crippen molar-refractivity contribution >= 4 is 11.9 Å². The van der Waals surface area contributed by atoms with Crippen molar-refractivity contribution in [3.8, 4) is 0 Å². The highest BCUT2D eigenvalue weighted by Crippen LogP contribution is 2.10. The first-order valence-electron chi connectivity index (χ1n) is 15.3. The van der Waals surface area contributed by atoms with Gasteiger partial charge in [0.2, 0.25) is 0 Å². The Kier molecular flexibility index (Phi) is 27.2. The quantitative estimate of drug-likeness (QED) is 0.0498. The topological polar surface area (TPSA) is 93.1 Å². The SMILES string of the molecule is CCCCC/C=C\C/C=C\CC(O)/C=C\C=C\CCCC(=O)OC[C@H](CO)OC(=O)CCCCCCCCC. The maximum absolute atomic E-state index is 12.0. The second kappa shape index (κ2) is 28.8. The van der Waals surface area contributed by atoms with Crippen molar-refractivity contribution in [1.29, 1.82) is 0 Å². The summed E-state index contributed by atoms with van der Waals surface area (Å²) in [5.74, 6) is -0.734. The number of carbonyl (C=O) groups is 2. The molecule has 2 atom stereocenters. The highest BCUT2D eigenvalue weighted by molar-refractivity contribution is 5.70. The smallest absolute Gasteiger partial charge is 0.306 e. The summed E-state index contributed by atoms with van der Waals surface area (Å²) in [6.45, 7) is 3.90. The fraction of sp³-hybridized carbons (Fsp3) is 0.697. The molecule has 0 rings (SSSR count). The first-order chi connectivity index (χ1) is 19.0. The van der Waals surface area contributed by atoms with E-state index in [1.165, 1.54) is 44.9 Å². The fourth-order valence-electron chi connectivity index (χ4n) is 3.80. The van der Waals surface area contributed by atoms with E-state index in [0.717, 1.165) is 32.1 Å². The molecule has 0 aliphatic rings. The van der Waals surface area contributed by atoms with Gasteiger partial charge in [0, 0.05) is 12.8 Å². The van der Waals surface area contributed by atoms with Crippen molar-refractivity contribution in [2.75, 3.05) is 13.2 Å². The molecule has 0 aromatic heterocycles. The zero-order valence-corrected chi connectivity index (χ0v) is 24.7. The summed E-state index contributed by atoms with van der Waals surface area (Å²) in [6.07, 6.45) is 30.6. The van der Waals surface area contributed by atoms with Gasteiger partial charge in [-0.1, -0.05) is 114 Å². The molecular weight excluding hydrogens is 492 g/mol. The van der Waals surface area contributed by atoms with Gasteiger partial charge in [0.05, 0.1) is 12.7 Å². The van der Waals surface area contributed by atoms with Gasteiger partial charge in [0.25, 0.3) is 0 Å². The van der Waals surface area contributed by atoms with Gasteiger partial charge in [-0.15, -0.1) is 0 Å². The molecule has 0 aliphatic carbocycles. The van der Waals surface area contributed by atoms with Crippen molar-refractivity contribution < 1.29 is 29.3 Å². The Morgan fingerprint density at radius 3 is 2.10 bits per heavy atom. The van der Waals surface area contributed by atoms with Crippen LogP contribution in [-0.2, 0) is 19.1 Å². The van der Waals surface area contributed by atoms with E-state index in [2.05, 4.69) is 32.1 Å². The fourth-order valence-corrected chi connectivity index (χ4v) is 3.80. The number of esters is 2. The van der Waals surface area contributed by atoms with E-state index in [1.807, 2.05) is 24.3 Å². The van der Waals surface area contributed by atoms with E-state index in [9.17, 15) is 19.8 Å². The summed E-state index contributed by atoms with van der Waals surface area (Å²) in [5.41, 5.74) is 0. The Labute approximate surface area is 238 Å². The van der Waals surface area contributed by atoms with Crippen molar-refractivity contribution in [1.82, 2.24) is 0 Å². The van der Waals surface area contributed by atoms with Crippen LogP contribution < -0.4 is 0 Å². The average Bonchev–Trinajstić information content (AvgIpc) is 2.93. The molecule has 0 saturated heterocycles. The van der Waals surface area contributed by atoms with Gasteiger partial charge in [0.15, 0.2) is 6.10 Å². The Bertz CT molecular complexity index is 694. The zero-order valence-electron chi connectivity index (χ0n) is 24.7. The number of hydrogen-bond acceptors (Lipinski definition) is 6. The lowest BCUT2D eigenvalue weighted by Gasteiger charge is -2.15. The highest BCUT2D eigenvalue weighted by Gasteiger charge is 2.15. The minimum Gasteiger partial charge on any atom is -0.462 e. The minimum atomic E-state index is -0.815. The Balaban J connectivity index is 3.86. The van der Waals surface area contributed by atoms with Crippen LogP contribution in [0.2, 0.25) is 0 Å². The Hall–Kier alpha value is -2.18. The number of aliphatic hydroxyl groups excluding tert-OH is 2. The van der Waals surface area contributed by atoms with Crippen LogP contribution in [0.15, 0.2) is 48.6 Å². The molecular formula is C33H56O6. The van der Waals surface area contributed by atoms with E-state index in [1.54, 1.807) is 6.08 Å². The van der Waals surface area contributed by atoms with Gasteiger partial charge in [0.1, 0.15) is 6.61 Å². The summed E-state index contributed by atoms with van der Waals surface area (Å²) in [5, 5.41) is 19.4. The summed E-state index contributed by atoms with van der Waals surface area (Å²) in [4.78, 5) is 23.9. The van der Waals surface area contributed by atoms with Crippen LogP contribution in [0.3, 0.4) is 0 Å². The highest BCUT2D eigenvalue weighted by atomic mass is 16.6. The minimum absolute atomic E-state index is 0.127. The monoisotopic (exact) mass is 548 g/mol. The first-order valence-corrected chi connectivity index (χ1v) is 15.3. The van der Waals surface area contributed by atoms with Gasteiger partial charge >= 0.3 is 11.9 Å². The number of unbranched alkanes of at least 4 members (excludes halogenated alkanes) is 10. The van der Waals surface area contributed by atoms with Crippen LogP contribution in [0.25, 0.3) is 0 Å². The van der Waals surface area contributed by atoms with E-state index < -0.39 is 12.2 Å². The molecule has 0 saturated carbocycles. The number of hydrogen-bond donors (Lipinski definition) is 2. The van der Waals surface area contributed by atoms with Gasteiger partial charge in [-0.3, -0.25) is 9.59 Å². The van der Waals surface area contributed by atoms with Crippen molar-refractivity contribution in [2.45, 2.75) is 135 Å². The largest absolute Gasteiger partial charge is 0.462 e. The number of aliphatic hydroxyl groups is 2. The second-order valence-corrected chi connectivity index (χ2v) is 10.0. The lowest BCUT2D eigenvalue weighted by atomic mass is 10.1. The van der Waals surface area contributed by atoms with Crippen LogP contribution >= 0.6 is 0 Å². The first kappa shape index (κ1) is 36.8. The van der Waals surface area contributed by atoms with E-state index in [0.29, 0.717) is 25.7 Å². The summed E-state index contributed by atoms with van der Waals surface area (Å²) in [7, 11) is 0. The number of allylic oxidation sites excluding steroid dienone is 6. The van der Waals surface area contributed by atoms with E-state index in [4.69, 9.17) is 9.47 Å². The molecule has 0 heterocycles. The maximum Gasteiger partial charge on any atom is 0.306 e. The number of carbonyl (C=O) groups excluding carboxylic acids is 2. The third kappa shape index (κ3) is 27.2. The third-order valence-corrected chi connectivity index (χ3v) is 6.21. The van der Waals surface area contributed by atoms with Crippen molar-refractivity contribution in [3.63, 3.8) is 0 Å². The van der Waals surface area contributed by atoms with Gasteiger partial charge < -0.3 is 19.7 Å². The average molecular weight is 549 g/mol. The molecule has 2 N–H and O–H groups in total. The van der Waals surface area contributed by atoms with Crippen LogP contribution in [0.5, 0.6) is 0 Å². The molecule has 6 nitrogen and oxygen atoms in total. The molecule has 0 aliphatic heterocycles. The normalized spacial score (nSPS) is 13.6. The van der Waals surface area contributed by atoms with Gasteiger partial charge in [-0.25, -0.2) is 0 Å². The molecule has 39 heavy (non-hydrogen) atoms. The van der Waals surface area contributed by atoms with Crippen LogP contribution in [0.4, 0.5) is 0 Å². The predicted octanol–water partition coefficient (Wildman–Crippen LogP) is 7.69. The number of ether oxygens (including phenoxy) is 2. The van der Waals surface area contributed by atoms with Gasteiger partial charge in [-0.05, 0) is 44.9 Å². The molecule has 0 radical (unpaired) electrons. The van der Waals surface area contributed by atoms with Crippen LogP contribution in [0, 0.1) is 0 Å². The standard InChI is InChI=1S/C33H56O6/c1-3-5-7-9-11-12-14-16-20-24-30(35)25-21-17-15-19-22-26-32(36)38-29-31(28-34)39-33(37)27-23-18-13-10-8-6-4-2/h11-12,15-17,20-21,25,30-31,34-35H,3-10,13-14,18-19,22-24,26-29H2,1-2H3/b12-11-,17-15+,20-16-,25-21-/t30?,31-/m0/s1. The van der Waals surface area contributed by atoms with Crippen molar-refractivity contribution in [3.05, 3.63) is 48.6 Å². The molecule has 0 aromatic rings. The zero-order chi connectivity index (χ0) is 28.8. The lowest BCUT2D eigenvalue weighted by molar-refractivity contribution is -0.161. The van der Waals surface area contributed by atoms with Gasteiger partial charge in [-0.2, -0.15) is 0 Å². The summed E-state index contributed by atoms with van der Waals surface area (Å²) >= 11 is 0. The van der Waals surface area contributed by atoms with Crippen LogP contribution in [-0.4, -0.2) is 47.6 Å². The molecule has 1 unspecified atom stereocenters. The third-order valence-electron chi connectivity index (χ3n) is 6.21. The van der Waals surface area contributed by atoms with Crippen molar-refractivity contribution in [2.24, 2.45) is 0 Å². The van der Waals surface area contributed by atoms with E-state index in [-0.39, 0.29) is 31.6 Å². The maximum atomic E-state index is 12.0. The summed E-state index contributed by atoms with van der Waals surface area (Å²) < 4.78 is 10.4.